The molecule has 2 rings (SSSR count). The molecule has 112 valence electrons. The van der Waals surface area contributed by atoms with Gasteiger partial charge in [-0.25, -0.2) is 4.39 Å². The fraction of sp³-hybridized carbons (Fsp3) is 0.294. The van der Waals surface area contributed by atoms with E-state index in [0.717, 1.165) is 23.0 Å². The zero-order chi connectivity index (χ0) is 15.4. The monoisotopic (exact) mass is 461 g/mol. The SMILES string of the molecule is CCNC(Cc1ccc(F)cc1Br)c1cccc(C)c1I. The maximum absolute atomic E-state index is 13.2. The number of hydrogen-bond acceptors (Lipinski definition) is 1. The number of halogens is 3. The van der Waals surface area contributed by atoms with Crippen molar-refractivity contribution in [1.29, 1.82) is 0 Å². The van der Waals surface area contributed by atoms with Gasteiger partial charge in [0.25, 0.3) is 0 Å². The molecule has 0 aromatic heterocycles. The molecule has 2 aromatic rings. The molecule has 0 amide bonds. The molecule has 0 heterocycles. The Labute approximate surface area is 147 Å². The van der Waals surface area contributed by atoms with Crippen LogP contribution in [0, 0.1) is 16.3 Å². The summed E-state index contributed by atoms with van der Waals surface area (Å²) in [4.78, 5) is 0. The fourth-order valence-electron chi connectivity index (χ4n) is 2.38. The van der Waals surface area contributed by atoms with Crippen LogP contribution in [0.1, 0.15) is 29.7 Å². The van der Waals surface area contributed by atoms with Crippen molar-refractivity contribution >= 4 is 38.5 Å². The van der Waals surface area contributed by atoms with Crippen molar-refractivity contribution in [2.45, 2.75) is 26.3 Å². The molecule has 21 heavy (non-hydrogen) atoms. The Kier molecular flexibility index (Phi) is 6.20. The van der Waals surface area contributed by atoms with Crippen LogP contribution < -0.4 is 5.32 Å². The van der Waals surface area contributed by atoms with E-state index >= 15 is 0 Å². The van der Waals surface area contributed by atoms with E-state index in [1.807, 2.05) is 6.07 Å². The van der Waals surface area contributed by atoms with Gasteiger partial charge < -0.3 is 5.32 Å². The van der Waals surface area contributed by atoms with Gasteiger partial charge >= 0.3 is 0 Å². The van der Waals surface area contributed by atoms with Gasteiger partial charge in [0.1, 0.15) is 5.82 Å². The van der Waals surface area contributed by atoms with Gasteiger partial charge in [0, 0.05) is 14.1 Å². The zero-order valence-corrected chi connectivity index (χ0v) is 15.8. The first-order chi connectivity index (χ1) is 10.0. The molecule has 0 saturated carbocycles. The molecule has 1 unspecified atom stereocenters. The van der Waals surface area contributed by atoms with E-state index in [0.29, 0.717) is 0 Å². The Hall–Kier alpha value is -0.460. The minimum atomic E-state index is -0.212. The van der Waals surface area contributed by atoms with Gasteiger partial charge in [-0.2, -0.15) is 0 Å². The molecule has 4 heteroatoms. The van der Waals surface area contributed by atoms with Crippen LogP contribution in [0.4, 0.5) is 4.39 Å². The fourth-order valence-corrected chi connectivity index (χ4v) is 3.63. The Morgan fingerprint density at radius 2 is 2.05 bits per heavy atom. The molecule has 1 atom stereocenters. The summed E-state index contributed by atoms with van der Waals surface area (Å²) >= 11 is 5.87. The smallest absolute Gasteiger partial charge is 0.124 e. The Morgan fingerprint density at radius 1 is 1.29 bits per heavy atom. The highest BCUT2D eigenvalue weighted by molar-refractivity contribution is 14.1. The van der Waals surface area contributed by atoms with Gasteiger partial charge in [-0.05, 0) is 71.3 Å². The van der Waals surface area contributed by atoms with E-state index in [2.05, 4.69) is 75.9 Å². The summed E-state index contributed by atoms with van der Waals surface area (Å²) in [5.74, 6) is -0.212. The van der Waals surface area contributed by atoms with Crippen LogP contribution in [0.5, 0.6) is 0 Å². The summed E-state index contributed by atoms with van der Waals surface area (Å²) in [5.41, 5.74) is 3.70. The normalized spacial score (nSPS) is 12.4. The third-order valence-corrected chi connectivity index (χ3v) is 5.70. The number of nitrogens with one attached hydrogen (secondary N) is 1. The molecule has 0 aliphatic rings. The van der Waals surface area contributed by atoms with E-state index in [-0.39, 0.29) is 11.9 Å². The maximum Gasteiger partial charge on any atom is 0.124 e. The van der Waals surface area contributed by atoms with Crippen LogP contribution >= 0.6 is 38.5 Å². The molecular weight excluding hydrogens is 444 g/mol. The van der Waals surface area contributed by atoms with Crippen molar-refractivity contribution in [3.05, 3.63) is 66.9 Å². The lowest BCUT2D eigenvalue weighted by Gasteiger charge is -2.21. The molecule has 0 aliphatic carbocycles. The largest absolute Gasteiger partial charge is 0.310 e. The lowest BCUT2D eigenvalue weighted by molar-refractivity contribution is 0.545. The molecular formula is C17H18BrFIN. The standard InChI is InChI=1S/C17H18BrFIN/c1-3-21-16(14-6-4-5-11(2)17(14)20)9-12-7-8-13(19)10-15(12)18/h4-8,10,16,21H,3,9H2,1-2H3. The lowest BCUT2D eigenvalue weighted by atomic mass is 9.97. The molecule has 0 radical (unpaired) electrons. The molecule has 0 bridgehead atoms. The average Bonchev–Trinajstić information content (AvgIpc) is 2.44. The second-order valence-corrected chi connectivity index (χ2v) is 6.96. The molecule has 0 spiro atoms. The summed E-state index contributed by atoms with van der Waals surface area (Å²) in [6.45, 7) is 5.13. The summed E-state index contributed by atoms with van der Waals surface area (Å²) < 4.78 is 15.3. The molecule has 0 fully saturated rings. The second kappa shape index (κ2) is 7.70. The Balaban J connectivity index is 2.33. The van der Waals surface area contributed by atoms with Crippen molar-refractivity contribution in [3.8, 4) is 0 Å². The van der Waals surface area contributed by atoms with Gasteiger partial charge in [0.05, 0.1) is 0 Å². The average molecular weight is 462 g/mol. The predicted molar refractivity (Wildman–Crippen MR) is 98.1 cm³/mol. The van der Waals surface area contributed by atoms with Gasteiger partial charge in [-0.15, -0.1) is 0 Å². The van der Waals surface area contributed by atoms with Gasteiger partial charge in [0.15, 0.2) is 0 Å². The van der Waals surface area contributed by atoms with Gasteiger partial charge in [-0.3, -0.25) is 0 Å². The van der Waals surface area contributed by atoms with E-state index in [9.17, 15) is 4.39 Å². The van der Waals surface area contributed by atoms with Crippen LogP contribution in [-0.4, -0.2) is 6.54 Å². The quantitative estimate of drug-likeness (QED) is 0.588. The molecule has 1 nitrogen and oxygen atoms in total. The number of aryl methyl sites for hydroxylation is 1. The van der Waals surface area contributed by atoms with Crippen molar-refractivity contribution in [3.63, 3.8) is 0 Å². The van der Waals surface area contributed by atoms with Crippen LogP contribution in [0.15, 0.2) is 40.9 Å². The third-order valence-electron chi connectivity index (χ3n) is 3.49. The molecule has 0 aliphatic heterocycles. The van der Waals surface area contributed by atoms with Crippen molar-refractivity contribution in [2.24, 2.45) is 0 Å². The molecule has 0 saturated heterocycles. The summed E-state index contributed by atoms with van der Waals surface area (Å²) in [7, 11) is 0. The van der Waals surface area contributed by atoms with Crippen LogP contribution in [-0.2, 0) is 6.42 Å². The van der Waals surface area contributed by atoms with E-state index in [1.165, 1.54) is 26.8 Å². The molecule has 2 aromatic carbocycles. The van der Waals surface area contributed by atoms with Crippen molar-refractivity contribution < 1.29 is 4.39 Å². The summed E-state index contributed by atoms with van der Waals surface area (Å²) in [5, 5.41) is 3.54. The highest BCUT2D eigenvalue weighted by Gasteiger charge is 2.16. The van der Waals surface area contributed by atoms with Crippen LogP contribution in [0.2, 0.25) is 0 Å². The predicted octanol–water partition coefficient (Wildman–Crippen LogP) is 5.39. The minimum absolute atomic E-state index is 0.212. The Bertz CT molecular complexity index is 630. The topological polar surface area (TPSA) is 12.0 Å². The van der Waals surface area contributed by atoms with Crippen molar-refractivity contribution in [2.75, 3.05) is 6.54 Å². The van der Waals surface area contributed by atoms with Crippen LogP contribution in [0.25, 0.3) is 0 Å². The second-order valence-electron chi connectivity index (χ2n) is 5.03. The first kappa shape index (κ1) is 16.9. The number of likely N-dealkylation sites (N-methyl/N-ethyl adjacent to an activating group) is 1. The highest BCUT2D eigenvalue weighted by Crippen LogP contribution is 2.28. The minimum Gasteiger partial charge on any atom is -0.310 e. The molecule has 1 N–H and O–H groups in total. The van der Waals surface area contributed by atoms with E-state index in [4.69, 9.17) is 0 Å². The lowest BCUT2D eigenvalue weighted by Crippen LogP contribution is -2.24. The number of rotatable bonds is 5. The van der Waals surface area contributed by atoms with Gasteiger partial charge in [0.2, 0.25) is 0 Å². The first-order valence-electron chi connectivity index (χ1n) is 6.95. The highest BCUT2D eigenvalue weighted by atomic mass is 127. The van der Waals surface area contributed by atoms with Crippen molar-refractivity contribution in [1.82, 2.24) is 5.32 Å². The van der Waals surface area contributed by atoms with Crippen LogP contribution in [0.3, 0.4) is 0 Å². The van der Waals surface area contributed by atoms with E-state index in [1.54, 1.807) is 0 Å². The summed E-state index contributed by atoms with van der Waals surface area (Å²) in [6, 6.07) is 11.5. The van der Waals surface area contributed by atoms with E-state index < -0.39 is 0 Å². The third kappa shape index (κ3) is 4.27. The zero-order valence-electron chi connectivity index (χ0n) is 12.1. The summed E-state index contributed by atoms with van der Waals surface area (Å²) in [6.07, 6.45) is 0.828. The Morgan fingerprint density at radius 3 is 2.71 bits per heavy atom. The number of hydrogen-bond donors (Lipinski definition) is 1. The number of benzene rings is 2. The first-order valence-corrected chi connectivity index (χ1v) is 8.82. The maximum atomic E-state index is 13.2. The van der Waals surface area contributed by atoms with Gasteiger partial charge in [-0.1, -0.05) is 47.1 Å².